The maximum Gasteiger partial charge on any atom is 0.224 e. The standard InChI is InChI=1S/C20H25N7O2/c1-25-10-12-26(13-11-25)19-7-6-17-22-23-18(27(17)24-19)8-9-20(28)21-15-4-3-5-16(14-15)29-2/h3-7,14H,8-13H2,1-2H3,(H,21,28). The second kappa shape index (κ2) is 8.44. The van der Waals surface area contributed by atoms with Gasteiger partial charge in [0, 0.05) is 50.8 Å². The van der Waals surface area contributed by atoms with Gasteiger partial charge in [-0.3, -0.25) is 4.79 Å². The monoisotopic (exact) mass is 395 g/mol. The summed E-state index contributed by atoms with van der Waals surface area (Å²) in [7, 11) is 3.73. The zero-order valence-corrected chi connectivity index (χ0v) is 16.7. The smallest absolute Gasteiger partial charge is 0.224 e. The summed E-state index contributed by atoms with van der Waals surface area (Å²) in [6, 6.07) is 11.2. The summed E-state index contributed by atoms with van der Waals surface area (Å²) in [4.78, 5) is 16.9. The van der Waals surface area contributed by atoms with Crippen molar-refractivity contribution in [2.75, 3.05) is 50.6 Å². The number of nitrogens with zero attached hydrogens (tertiary/aromatic N) is 6. The van der Waals surface area contributed by atoms with E-state index in [2.05, 4.69) is 32.4 Å². The first-order valence-electron chi connectivity index (χ1n) is 9.71. The van der Waals surface area contributed by atoms with Crippen molar-refractivity contribution in [2.24, 2.45) is 0 Å². The number of methoxy groups -OCH3 is 1. The number of benzene rings is 1. The number of hydrogen-bond acceptors (Lipinski definition) is 7. The lowest BCUT2D eigenvalue weighted by atomic mass is 10.2. The van der Waals surface area contributed by atoms with Gasteiger partial charge in [-0.15, -0.1) is 15.3 Å². The Labute approximate surface area is 169 Å². The highest BCUT2D eigenvalue weighted by molar-refractivity contribution is 5.90. The molecule has 0 spiro atoms. The summed E-state index contributed by atoms with van der Waals surface area (Å²) in [5.74, 6) is 2.20. The van der Waals surface area contributed by atoms with Crippen LogP contribution in [0.1, 0.15) is 12.2 Å². The van der Waals surface area contributed by atoms with Crippen molar-refractivity contribution in [3.05, 3.63) is 42.2 Å². The minimum atomic E-state index is -0.0924. The van der Waals surface area contributed by atoms with Crippen LogP contribution in [0.15, 0.2) is 36.4 Å². The van der Waals surface area contributed by atoms with Gasteiger partial charge < -0.3 is 19.9 Å². The zero-order valence-electron chi connectivity index (χ0n) is 16.7. The van der Waals surface area contributed by atoms with Gasteiger partial charge in [0.25, 0.3) is 0 Å². The summed E-state index contributed by atoms with van der Waals surface area (Å²) in [6.45, 7) is 3.91. The van der Waals surface area contributed by atoms with Crippen LogP contribution in [-0.2, 0) is 11.2 Å². The summed E-state index contributed by atoms with van der Waals surface area (Å²) >= 11 is 0. The molecule has 0 atom stereocenters. The normalized spacial score (nSPS) is 14.9. The number of likely N-dealkylation sites (N-methyl/N-ethyl adjacent to an activating group) is 1. The molecule has 1 saturated heterocycles. The number of rotatable bonds is 6. The van der Waals surface area contributed by atoms with Crippen molar-refractivity contribution in [2.45, 2.75) is 12.8 Å². The van der Waals surface area contributed by atoms with E-state index < -0.39 is 0 Å². The molecule has 152 valence electrons. The Bertz CT molecular complexity index is 995. The fourth-order valence-electron chi connectivity index (χ4n) is 3.33. The number of nitrogens with one attached hydrogen (secondary N) is 1. The molecule has 0 radical (unpaired) electrons. The molecule has 29 heavy (non-hydrogen) atoms. The number of carbonyl (C=O) groups is 1. The van der Waals surface area contributed by atoms with Crippen molar-refractivity contribution in [1.82, 2.24) is 24.7 Å². The Morgan fingerprint density at radius 2 is 1.97 bits per heavy atom. The third-order valence-corrected chi connectivity index (χ3v) is 5.07. The Balaban J connectivity index is 1.42. The van der Waals surface area contributed by atoms with Crippen molar-refractivity contribution >= 4 is 23.1 Å². The van der Waals surface area contributed by atoms with E-state index in [1.54, 1.807) is 17.7 Å². The van der Waals surface area contributed by atoms with Crippen LogP contribution in [0.3, 0.4) is 0 Å². The largest absolute Gasteiger partial charge is 0.497 e. The highest BCUT2D eigenvalue weighted by Gasteiger charge is 2.17. The van der Waals surface area contributed by atoms with Crippen molar-refractivity contribution in [3.8, 4) is 5.75 Å². The lowest BCUT2D eigenvalue weighted by Gasteiger charge is -2.33. The van der Waals surface area contributed by atoms with Crippen LogP contribution in [0.4, 0.5) is 11.5 Å². The predicted octanol–water partition coefficient (Wildman–Crippen LogP) is 1.46. The summed E-state index contributed by atoms with van der Waals surface area (Å²) < 4.78 is 6.93. The molecule has 1 amide bonds. The average Bonchev–Trinajstić information content (AvgIpc) is 3.15. The first-order chi connectivity index (χ1) is 14.1. The van der Waals surface area contributed by atoms with Gasteiger partial charge in [-0.25, -0.2) is 0 Å². The molecule has 0 unspecified atom stereocenters. The van der Waals surface area contributed by atoms with E-state index in [-0.39, 0.29) is 5.91 Å². The van der Waals surface area contributed by atoms with E-state index in [0.717, 1.165) is 32.0 Å². The van der Waals surface area contributed by atoms with E-state index in [1.165, 1.54) is 0 Å². The summed E-state index contributed by atoms with van der Waals surface area (Å²) in [6.07, 6.45) is 0.745. The molecule has 2 aromatic heterocycles. The Kier molecular flexibility index (Phi) is 5.57. The first kappa shape index (κ1) is 19.1. The van der Waals surface area contributed by atoms with Gasteiger partial charge >= 0.3 is 0 Å². The van der Waals surface area contributed by atoms with Crippen LogP contribution in [0.5, 0.6) is 5.75 Å². The minimum Gasteiger partial charge on any atom is -0.497 e. The molecule has 3 aromatic rings. The number of carbonyl (C=O) groups excluding carboxylic acids is 1. The maximum atomic E-state index is 12.3. The van der Waals surface area contributed by atoms with E-state index in [1.807, 2.05) is 30.3 Å². The number of amides is 1. The number of aromatic nitrogens is 4. The molecule has 1 fully saturated rings. The summed E-state index contributed by atoms with van der Waals surface area (Å²) in [5, 5.41) is 16.0. The number of aryl methyl sites for hydroxylation is 1. The van der Waals surface area contributed by atoms with Gasteiger partial charge in [0.15, 0.2) is 11.5 Å². The molecule has 0 bridgehead atoms. The molecule has 0 aliphatic carbocycles. The molecule has 1 N–H and O–H groups in total. The van der Waals surface area contributed by atoms with Gasteiger partial charge in [0.1, 0.15) is 11.6 Å². The highest BCUT2D eigenvalue weighted by atomic mass is 16.5. The maximum absolute atomic E-state index is 12.3. The van der Waals surface area contributed by atoms with Crippen LogP contribution >= 0.6 is 0 Å². The molecule has 3 heterocycles. The molecular weight excluding hydrogens is 370 g/mol. The zero-order chi connectivity index (χ0) is 20.2. The average molecular weight is 395 g/mol. The molecule has 1 aliphatic heterocycles. The van der Waals surface area contributed by atoms with Crippen LogP contribution in [0.25, 0.3) is 5.65 Å². The number of fused-ring (bicyclic) bond motifs is 1. The third kappa shape index (κ3) is 4.45. The lowest BCUT2D eigenvalue weighted by molar-refractivity contribution is -0.116. The number of hydrogen-bond donors (Lipinski definition) is 1. The highest BCUT2D eigenvalue weighted by Crippen LogP contribution is 2.18. The van der Waals surface area contributed by atoms with Crippen LogP contribution < -0.4 is 15.0 Å². The molecule has 1 aliphatic rings. The Morgan fingerprint density at radius 1 is 1.14 bits per heavy atom. The second-order valence-electron chi connectivity index (χ2n) is 7.15. The van der Waals surface area contributed by atoms with Gasteiger partial charge in [0.05, 0.1) is 7.11 Å². The number of anilines is 2. The molecule has 9 nitrogen and oxygen atoms in total. The van der Waals surface area contributed by atoms with Gasteiger partial charge in [-0.05, 0) is 31.3 Å². The van der Waals surface area contributed by atoms with Crippen molar-refractivity contribution in [3.63, 3.8) is 0 Å². The van der Waals surface area contributed by atoms with Crippen LogP contribution in [-0.4, -0.2) is 71.0 Å². The van der Waals surface area contributed by atoms with Crippen LogP contribution in [0, 0.1) is 0 Å². The van der Waals surface area contributed by atoms with E-state index in [9.17, 15) is 4.79 Å². The van der Waals surface area contributed by atoms with E-state index >= 15 is 0 Å². The fourth-order valence-corrected chi connectivity index (χ4v) is 3.33. The van der Waals surface area contributed by atoms with Gasteiger partial charge in [-0.2, -0.15) is 4.52 Å². The number of ether oxygens (including phenoxy) is 1. The third-order valence-electron chi connectivity index (χ3n) is 5.07. The lowest BCUT2D eigenvalue weighted by Crippen LogP contribution is -2.45. The van der Waals surface area contributed by atoms with Crippen molar-refractivity contribution < 1.29 is 9.53 Å². The Hall–Kier alpha value is -3.20. The minimum absolute atomic E-state index is 0.0924. The van der Waals surface area contributed by atoms with E-state index in [4.69, 9.17) is 9.84 Å². The molecule has 1 aromatic carbocycles. The number of piperazine rings is 1. The SMILES string of the molecule is COc1cccc(NC(=O)CCc2nnc3ccc(N4CCN(C)CC4)nn23)c1. The predicted molar refractivity (Wildman–Crippen MR) is 110 cm³/mol. The van der Waals surface area contributed by atoms with E-state index in [0.29, 0.717) is 35.8 Å². The first-order valence-corrected chi connectivity index (χ1v) is 9.71. The summed E-state index contributed by atoms with van der Waals surface area (Å²) in [5.41, 5.74) is 1.39. The fraction of sp³-hybridized carbons (Fsp3) is 0.400. The van der Waals surface area contributed by atoms with Crippen molar-refractivity contribution in [1.29, 1.82) is 0 Å². The molecule has 4 rings (SSSR count). The van der Waals surface area contributed by atoms with Gasteiger partial charge in [0.2, 0.25) is 5.91 Å². The topological polar surface area (TPSA) is 87.9 Å². The quantitative estimate of drug-likeness (QED) is 0.676. The molecule has 9 heteroatoms. The second-order valence-corrected chi connectivity index (χ2v) is 7.15. The van der Waals surface area contributed by atoms with Gasteiger partial charge in [-0.1, -0.05) is 6.07 Å². The molecule has 0 saturated carbocycles. The Morgan fingerprint density at radius 3 is 2.76 bits per heavy atom. The molecular formula is C20H25N7O2. The van der Waals surface area contributed by atoms with Crippen LogP contribution in [0.2, 0.25) is 0 Å².